The van der Waals surface area contributed by atoms with Gasteiger partial charge in [0.25, 0.3) is 0 Å². The third-order valence-corrected chi connectivity index (χ3v) is 4.05. The largest absolute Gasteiger partial charge is 0.352 e. The van der Waals surface area contributed by atoms with Gasteiger partial charge in [-0.25, -0.2) is 13.2 Å². The lowest BCUT2D eigenvalue weighted by atomic mass is 10.3. The summed E-state index contributed by atoms with van der Waals surface area (Å²) in [6.45, 7) is 3.97. The maximum Gasteiger partial charge on any atom is 0.312 e. The maximum absolute atomic E-state index is 11.3. The van der Waals surface area contributed by atoms with Gasteiger partial charge in [0.15, 0.2) is 0 Å². The van der Waals surface area contributed by atoms with Crippen molar-refractivity contribution in [1.82, 2.24) is 14.5 Å². The quantitative estimate of drug-likeness (QED) is 0.598. The zero-order valence-corrected chi connectivity index (χ0v) is 10.9. The Morgan fingerprint density at radius 2 is 1.88 bits per heavy atom. The Labute approximate surface area is 102 Å². The normalized spacial score (nSPS) is 19.1. The molecular weight excluding hydrogens is 244 g/mol. The van der Waals surface area contributed by atoms with E-state index in [2.05, 4.69) is 10.2 Å². The summed E-state index contributed by atoms with van der Waals surface area (Å²) < 4.78 is 24.0. The molecule has 1 rings (SSSR count). The second-order valence-corrected chi connectivity index (χ2v) is 6.13. The fraction of sp³-hybridized carbons (Fsp3) is 0.889. The van der Waals surface area contributed by atoms with Crippen molar-refractivity contribution >= 4 is 16.1 Å². The number of piperazine rings is 1. The van der Waals surface area contributed by atoms with Crippen molar-refractivity contribution in [3.05, 3.63) is 0 Å². The van der Waals surface area contributed by atoms with Crippen LogP contribution >= 0.6 is 0 Å². The Kier molecular flexibility index (Phi) is 5.16. The lowest BCUT2D eigenvalue weighted by Gasteiger charge is -2.33. The van der Waals surface area contributed by atoms with Gasteiger partial charge < -0.3 is 16.0 Å². The maximum atomic E-state index is 11.3. The van der Waals surface area contributed by atoms with E-state index in [0.29, 0.717) is 19.6 Å². The first-order valence-corrected chi connectivity index (χ1v) is 7.45. The lowest BCUT2D eigenvalue weighted by molar-refractivity contribution is 0.187. The van der Waals surface area contributed by atoms with E-state index < -0.39 is 16.1 Å². The van der Waals surface area contributed by atoms with Gasteiger partial charge in [-0.1, -0.05) is 0 Å². The minimum atomic E-state index is -3.05. The highest BCUT2D eigenvalue weighted by atomic mass is 32.2. The Bertz CT molecular complexity index is 349. The van der Waals surface area contributed by atoms with Crippen molar-refractivity contribution in [3.8, 4) is 0 Å². The summed E-state index contributed by atoms with van der Waals surface area (Å²) in [5.41, 5.74) is 4.94. The standard InChI is InChI=1S/C9H20N4O3S/c1-17(15,16)13-7-5-12(6-8-13)4-2-3-11-9(10)14/h2-8H2,1H3,(H3,10,11,14). The van der Waals surface area contributed by atoms with Gasteiger partial charge in [0, 0.05) is 32.7 Å². The number of amides is 2. The van der Waals surface area contributed by atoms with Gasteiger partial charge in [-0.15, -0.1) is 0 Å². The number of hydrogen-bond acceptors (Lipinski definition) is 4. The smallest absolute Gasteiger partial charge is 0.312 e. The van der Waals surface area contributed by atoms with Crippen LogP contribution < -0.4 is 11.1 Å². The van der Waals surface area contributed by atoms with Crippen LogP contribution in [0.4, 0.5) is 4.79 Å². The van der Waals surface area contributed by atoms with Crippen LogP contribution in [0.3, 0.4) is 0 Å². The predicted molar refractivity (Wildman–Crippen MR) is 65.1 cm³/mol. The van der Waals surface area contributed by atoms with E-state index >= 15 is 0 Å². The van der Waals surface area contributed by atoms with Crippen molar-refractivity contribution in [1.29, 1.82) is 0 Å². The van der Waals surface area contributed by atoms with Gasteiger partial charge in [0.2, 0.25) is 10.0 Å². The summed E-state index contributed by atoms with van der Waals surface area (Å²) in [7, 11) is -3.05. The summed E-state index contributed by atoms with van der Waals surface area (Å²) in [4.78, 5) is 12.6. The molecule has 17 heavy (non-hydrogen) atoms. The molecule has 100 valence electrons. The molecule has 3 N–H and O–H groups in total. The Balaban J connectivity index is 2.17. The molecule has 1 aliphatic rings. The highest BCUT2D eigenvalue weighted by Gasteiger charge is 2.22. The van der Waals surface area contributed by atoms with Crippen LogP contribution in [0.1, 0.15) is 6.42 Å². The molecule has 2 amide bonds. The van der Waals surface area contributed by atoms with Gasteiger partial charge in [0.05, 0.1) is 6.26 Å². The second kappa shape index (κ2) is 6.18. The Hall–Kier alpha value is -0.860. The van der Waals surface area contributed by atoms with Crippen LogP contribution in [-0.4, -0.2) is 69.2 Å². The zero-order valence-electron chi connectivity index (χ0n) is 10.1. The van der Waals surface area contributed by atoms with Gasteiger partial charge in [-0.2, -0.15) is 4.31 Å². The second-order valence-electron chi connectivity index (χ2n) is 4.15. The van der Waals surface area contributed by atoms with Crippen LogP contribution in [-0.2, 0) is 10.0 Å². The van der Waals surface area contributed by atoms with E-state index in [1.54, 1.807) is 0 Å². The van der Waals surface area contributed by atoms with Crippen molar-refractivity contribution in [2.45, 2.75) is 6.42 Å². The summed E-state index contributed by atoms with van der Waals surface area (Å²) in [6, 6.07) is -0.508. The fourth-order valence-electron chi connectivity index (χ4n) is 1.80. The molecule has 1 heterocycles. The van der Waals surface area contributed by atoms with Crippen LogP contribution in [0.5, 0.6) is 0 Å². The first kappa shape index (κ1) is 14.2. The third-order valence-electron chi connectivity index (χ3n) is 2.75. The lowest BCUT2D eigenvalue weighted by Crippen LogP contribution is -2.48. The number of nitrogens with two attached hydrogens (primary N) is 1. The molecular formula is C9H20N4O3S. The van der Waals surface area contributed by atoms with Crippen LogP contribution in [0.2, 0.25) is 0 Å². The SMILES string of the molecule is CS(=O)(=O)N1CCN(CCCNC(N)=O)CC1. The number of urea groups is 1. The average molecular weight is 264 g/mol. The number of carbonyl (C=O) groups is 1. The highest BCUT2D eigenvalue weighted by molar-refractivity contribution is 7.88. The molecule has 0 spiro atoms. The number of primary amides is 1. The van der Waals surface area contributed by atoms with Gasteiger partial charge in [0.1, 0.15) is 0 Å². The molecule has 0 bridgehead atoms. The number of sulfonamides is 1. The third kappa shape index (κ3) is 5.33. The topological polar surface area (TPSA) is 95.7 Å². The number of nitrogens with zero attached hydrogens (tertiary/aromatic N) is 2. The monoisotopic (exact) mass is 264 g/mol. The first-order chi connectivity index (χ1) is 7.89. The van der Waals surface area contributed by atoms with Crippen LogP contribution in [0.15, 0.2) is 0 Å². The Morgan fingerprint density at radius 1 is 1.29 bits per heavy atom. The molecule has 1 saturated heterocycles. The van der Waals surface area contributed by atoms with Crippen molar-refractivity contribution in [2.24, 2.45) is 5.73 Å². The molecule has 0 unspecified atom stereocenters. The molecule has 1 aliphatic heterocycles. The van der Waals surface area contributed by atoms with Crippen LogP contribution in [0, 0.1) is 0 Å². The van der Waals surface area contributed by atoms with Gasteiger partial charge in [-0.05, 0) is 13.0 Å². The highest BCUT2D eigenvalue weighted by Crippen LogP contribution is 2.05. The number of carbonyl (C=O) groups excluding carboxylic acids is 1. The van der Waals surface area contributed by atoms with Gasteiger partial charge in [-0.3, -0.25) is 0 Å². The van der Waals surface area contributed by atoms with E-state index in [-0.39, 0.29) is 0 Å². The zero-order chi connectivity index (χ0) is 12.9. The van der Waals surface area contributed by atoms with Crippen molar-refractivity contribution < 1.29 is 13.2 Å². The Morgan fingerprint density at radius 3 is 2.35 bits per heavy atom. The summed E-state index contributed by atoms with van der Waals surface area (Å²) >= 11 is 0. The average Bonchev–Trinajstić information content (AvgIpc) is 2.23. The predicted octanol–water partition coefficient (Wildman–Crippen LogP) is -1.38. The van der Waals surface area contributed by atoms with Crippen molar-refractivity contribution in [2.75, 3.05) is 45.5 Å². The molecule has 0 aliphatic carbocycles. The van der Waals surface area contributed by atoms with E-state index in [1.165, 1.54) is 10.6 Å². The van der Waals surface area contributed by atoms with Crippen LogP contribution in [0.25, 0.3) is 0 Å². The van der Waals surface area contributed by atoms with Crippen molar-refractivity contribution in [3.63, 3.8) is 0 Å². The molecule has 0 radical (unpaired) electrons. The minimum absolute atomic E-state index is 0.508. The number of hydrogen-bond donors (Lipinski definition) is 2. The molecule has 0 aromatic carbocycles. The summed E-state index contributed by atoms with van der Waals surface area (Å²) in [5.74, 6) is 0. The molecule has 0 aromatic heterocycles. The molecule has 0 atom stereocenters. The fourth-order valence-corrected chi connectivity index (χ4v) is 2.63. The summed E-state index contributed by atoms with van der Waals surface area (Å²) in [6.07, 6.45) is 2.06. The van der Waals surface area contributed by atoms with E-state index in [1.807, 2.05) is 0 Å². The molecule has 7 nitrogen and oxygen atoms in total. The van der Waals surface area contributed by atoms with Gasteiger partial charge >= 0.3 is 6.03 Å². The molecule has 0 saturated carbocycles. The minimum Gasteiger partial charge on any atom is -0.352 e. The summed E-state index contributed by atoms with van der Waals surface area (Å²) in [5, 5.41) is 2.52. The number of rotatable bonds is 5. The van der Waals surface area contributed by atoms with E-state index in [9.17, 15) is 13.2 Å². The molecule has 8 heteroatoms. The number of nitrogens with one attached hydrogen (secondary N) is 1. The first-order valence-electron chi connectivity index (χ1n) is 5.60. The van der Waals surface area contributed by atoms with E-state index in [4.69, 9.17) is 5.73 Å². The molecule has 1 fully saturated rings. The molecule has 0 aromatic rings. The van der Waals surface area contributed by atoms with E-state index in [0.717, 1.165) is 26.1 Å².